The summed E-state index contributed by atoms with van der Waals surface area (Å²) < 4.78 is 75.5. The molecule has 2 aromatic rings. The molecule has 0 atom stereocenters. The predicted molar refractivity (Wildman–Crippen MR) is 63.7 cm³/mol. The van der Waals surface area contributed by atoms with E-state index >= 15 is 0 Å². The molecule has 0 spiro atoms. The van der Waals surface area contributed by atoms with E-state index in [4.69, 9.17) is 9.11 Å². The second-order valence-corrected chi connectivity index (χ2v) is 6.45. The van der Waals surface area contributed by atoms with Crippen LogP contribution in [0.2, 0.25) is 0 Å². The summed E-state index contributed by atoms with van der Waals surface area (Å²) in [6.45, 7) is 0. The van der Waals surface area contributed by atoms with E-state index in [1.54, 1.807) is 0 Å². The number of nitrogens with zero attached hydrogens (tertiary/aromatic N) is 3. The minimum Gasteiger partial charge on any atom is -0.282 e. The van der Waals surface area contributed by atoms with Crippen molar-refractivity contribution in [3.8, 4) is 11.4 Å². The number of aromatic nitrogens is 3. The highest BCUT2D eigenvalue weighted by Crippen LogP contribution is 2.27. The second kappa shape index (κ2) is 5.07. The highest BCUT2D eigenvalue weighted by molar-refractivity contribution is 7.86. The number of rotatable bonds is 3. The molecular weight excluding hydrogens is 329 g/mol. The summed E-state index contributed by atoms with van der Waals surface area (Å²) in [4.78, 5) is 7.86. The lowest BCUT2D eigenvalue weighted by Crippen LogP contribution is -2.07. The Bertz CT molecular complexity index is 913. The summed E-state index contributed by atoms with van der Waals surface area (Å²) >= 11 is 0. The van der Waals surface area contributed by atoms with Gasteiger partial charge < -0.3 is 0 Å². The van der Waals surface area contributed by atoms with Gasteiger partial charge in [0.25, 0.3) is 20.2 Å². The predicted octanol–water partition coefficient (Wildman–Crippen LogP) is -0.0287. The summed E-state index contributed by atoms with van der Waals surface area (Å²) in [5.41, 5.74) is -0.387. The summed E-state index contributed by atoms with van der Waals surface area (Å²) in [5.74, 6) is -0.489. The van der Waals surface area contributed by atoms with E-state index in [1.165, 1.54) is 0 Å². The molecule has 0 aliphatic carbocycles. The largest absolute Gasteiger partial charge is 0.312 e. The van der Waals surface area contributed by atoms with Crippen molar-refractivity contribution in [3.63, 3.8) is 0 Å². The van der Waals surface area contributed by atoms with Crippen molar-refractivity contribution < 1.29 is 30.3 Å². The average Bonchev–Trinajstić information content (AvgIpc) is 2.36. The first-order valence-electron chi connectivity index (χ1n) is 4.96. The second-order valence-electron chi connectivity index (χ2n) is 3.64. The molecule has 111 valence electrons. The number of hydrogen-bond donors (Lipinski definition) is 2. The minimum absolute atomic E-state index is 0.387. The molecule has 0 aliphatic rings. The molecule has 0 unspecified atom stereocenters. The Morgan fingerprint density at radius 2 is 1.71 bits per heavy atom. The SMILES string of the molecule is O=S(=O)(O)c1ccc(-c2n[c]nc(F)n2)c(S(=O)(=O)O)c1. The van der Waals surface area contributed by atoms with E-state index in [0.717, 1.165) is 12.1 Å². The first kappa shape index (κ1) is 15.4. The zero-order chi connectivity index (χ0) is 15.8. The van der Waals surface area contributed by atoms with Crippen molar-refractivity contribution in [1.82, 2.24) is 15.0 Å². The molecule has 0 fully saturated rings. The van der Waals surface area contributed by atoms with Gasteiger partial charge in [-0.1, -0.05) is 0 Å². The van der Waals surface area contributed by atoms with Gasteiger partial charge in [0.05, 0.1) is 4.90 Å². The number of benzene rings is 1. The summed E-state index contributed by atoms with van der Waals surface area (Å²) in [6.07, 6.45) is 0.620. The molecule has 2 rings (SSSR count). The fourth-order valence-electron chi connectivity index (χ4n) is 1.43. The lowest BCUT2D eigenvalue weighted by molar-refractivity contribution is 0.481. The fourth-order valence-corrected chi connectivity index (χ4v) is 2.73. The Labute approximate surface area is 118 Å². The van der Waals surface area contributed by atoms with Gasteiger partial charge in [-0.2, -0.15) is 31.2 Å². The van der Waals surface area contributed by atoms with Gasteiger partial charge in [0.2, 0.25) is 6.33 Å². The molecule has 1 aromatic heterocycles. The third kappa shape index (κ3) is 3.36. The molecule has 21 heavy (non-hydrogen) atoms. The fraction of sp³-hybridized carbons (Fsp3) is 0. The molecule has 1 aromatic carbocycles. The minimum atomic E-state index is -4.89. The summed E-state index contributed by atoms with van der Waals surface area (Å²) in [6, 6.07) is 2.21. The molecule has 0 amide bonds. The van der Waals surface area contributed by atoms with E-state index in [2.05, 4.69) is 15.0 Å². The lowest BCUT2D eigenvalue weighted by Gasteiger charge is -2.07. The van der Waals surface area contributed by atoms with Crippen LogP contribution < -0.4 is 0 Å². The van der Waals surface area contributed by atoms with Gasteiger partial charge in [-0.15, -0.1) is 0 Å². The van der Waals surface area contributed by atoms with Gasteiger partial charge in [0.15, 0.2) is 5.82 Å². The Balaban J connectivity index is 2.79. The van der Waals surface area contributed by atoms with E-state index in [0.29, 0.717) is 6.07 Å². The van der Waals surface area contributed by atoms with Crippen LogP contribution in [0.4, 0.5) is 4.39 Å². The van der Waals surface area contributed by atoms with Crippen LogP contribution in [0.5, 0.6) is 0 Å². The smallest absolute Gasteiger partial charge is 0.282 e. The maximum absolute atomic E-state index is 12.9. The van der Waals surface area contributed by atoms with E-state index in [1.807, 2.05) is 6.33 Å². The maximum atomic E-state index is 12.9. The molecule has 0 saturated carbocycles. The van der Waals surface area contributed by atoms with E-state index < -0.39 is 41.9 Å². The quantitative estimate of drug-likeness (QED) is 0.738. The summed E-state index contributed by atoms with van der Waals surface area (Å²) in [5, 5.41) is 0. The first-order valence-corrected chi connectivity index (χ1v) is 7.84. The normalized spacial score (nSPS) is 12.3. The van der Waals surface area contributed by atoms with Crippen molar-refractivity contribution in [1.29, 1.82) is 0 Å². The molecular formula is C9H5FN3O6S2. The molecule has 0 aliphatic heterocycles. The highest BCUT2D eigenvalue weighted by atomic mass is 32.2. The van der Waals surface area contributed by atoms with Crippen LogP contribution in [0, 0.1) is 12.4 Å². The van der Waals surface area contributed by atoms with Crippen molar-refractivity contribution in [2.75, 3.05) is 0 Å². The molecule has 2 N–H and O–H groups in total. The van der Waals surface area contributed by atoms with Gasteiger partial charge in [0.1, 0.15) is 4.90 Å². The highest BCUT2D eigenvalue weighted by Gasteiger charge is 2.22. The first-order chi connectivity index (χ1) is 9.59. The van der Waals surface area contributed by atoms with Crippen LogP contribution in [-0.4, -0.2) is 40.9 Å². The van der Waals surface area contributed by atoms with Crippen molar-refractivity contribution in [2.24, 2.45) is 0 Å². The Morgan fingerprint density at radius 3 is 2.24 bits per heavy atom. The average molecular weight is 334 g/mol. The van der Waals surface area contributed by atoms with Crippen LogP contribution in [0.25, 0.3) is 11.4 Å². The Kier molecular flexibility index (Phi) is 3.71. The van der Waals surface area contributed by atoms with Gasteiger partial charge in [-0.3, -0.25) is 9.11 Å². The van der Waals surface area contributed by atoms with Crippen LogP contribution in [0.1, 0.15) is 0 Å². The zero-order valence-electron chi connectivity index (χ0n) is 9.80. The van der Waals surface area contributed by atoms with Crippen molar-refractivity contribution >= 4 is 20.2 Å². The maximum Gasteiger partial charge on any atom is 0.312 e. The van der Waals surface area contributed by atoms with Crippen molar-refractivity contribution in [3.05, 3.63) is 30.6 Å². The van der Waals surface area contributed by atoms with Crippen LogP contribution in [0.3, 0.4) is 0 Å². The van der Waals surface area contributed by atoms with Gasteiger partial charge in [-0.05, 0) is 18.2 Å². The van der Waals surface area contributed by atoms with Gasteiger partial charge >= 0.3 is 6.08 Å². The topological polar surface area (TPSA) is 147 Å². The summed E-state index contributed by atoms with van der Waals surface area (Å²) in [7, 11) is -9.59. The van der Waals surface area contributed by atoms with Crippen LogP contribution in [0.15, 0.2) is 28.0 Å². The molecule has 9 nitrogen and oxygen atoms in total. The number of halogens is 1. The number of hydrogen-bond acceptors (Lipinski definition) is 7. The molecule has 0 bridgehead atoms. The molecule has 1 radical (unpaired) electrons. The third-order valence-corrected chi connectivity index (χ3v) is 4.01. The molecule has 12 heteroatoms. The van der Waals surface area contributed by atoms with Gasteiger partial charge in [0, 0.05) is 5.56 Å². The Morgan fingerprint density at radius 1 is 1.05 bits per heavy atom. The van der Waals surface area contributed by atoms with Crippen molar-refractivity contribution in [2.45, 2.75) is 9.79 Å². The van der Waals surface area contributed by atoms with E-state index in [-0.39, 0.29) is 5.56 Å². The van der Waals surface area contributed by atoms with E-state index in [9.17, 15) is 21.2 Å². The third-order valence-electron chi connectivity index (χ3n) is 2.27. The lowest BCUT2D eigenvalue weighted by atomic mass is 10.2. The Hall–Kier alpha value is -2.02. The van der Waals surface area contributed by atoms with Crippen LogP contribution in [-0.2, 0) is 20.2 Å². The monoisotopic (exact) mass is 334 g/mol. The molecule has 1 heterocycles. The van der Waals surface area contributed by atoms with Crippen LogP contribution >= 0.6 is 0 Å². The zero-order valence-corrected chi connectivity index (χ0v) is 11.4. The van der Waals surface area contributed by atoms with Gasteiger partial charge in [-0.25, -0.2) is 4.98 Å². The molecule has 0 saturated heterocycles. The standard InChI is InChI=1S/C9H5FN3O6S2/c10-9-12-4-11-8(13-9)6-2-1-5(20(14,15)16)3-7(6)21(17,18)19/h1-3H,(H,14,15,16)(H,17,18,19).